The van der Waals surface area contributed by atoms with Gasteiger partial charge in [-0.3, -0.25) is 4.79 Å². The highest BCUT2D eigenvalue weighted by Crippen LogP contribution is 2.31. The lowest BCUT2D eigenvalue weighted by molar-refractivity contribution is -0.122. The van der Waals surface area contributed by atoms with Gasteiger partial charge in [0.2, 0.25) is 0 Å². The number of hydrogen-bond acceptors (Lipinski definition) is 3. The summed E-state index contributed by atoms with van der Waals surface area (Å²) in [6.07, 6.45) is -0.454. The monoisotopic (exact) mass is 360 g/mol. The number of carbonyl (C=O) groups is 1. The van der Waals surface area contributed by atoms with Crippen LogP contribution in [-0.4, -0.2) is 34.2 Å². The Balaban J connectivity index is 1.96. The summed E-state index contributed by atoms with van der Waals surface area (Å²) in [5.41, 5.74) is 2.51. The lowest BCUT2D eigenvalue weighted by atomic mass is 10.1. The number of nitrogens with zero attached hydrogens (tertiary/aromatic N) is 2. The zero-order valence-corrected chi connectivity index (χ0v) is 13.8. The summed E-state index contributed by atoms with van der Waals surface area (Å²) < 4.78 is 0.925. The molecule has 1 heterocycles. The van der Waals surface area contributed by atoms with Crippen molar-refractivity contribution in [1.29, 1.82) is 0 Å². The molecule has 2 aromatic carbocycles. The average Bonchev–Trinajstić information content (AvgIpc) is 2.89. The Morgan fingerprint density at radius 1 is 1.18 bits per heavy atom. The Morgan fingerprint density at radius 2 is 1.95 bits per heavy atom. The minimum absolute atomic E-state index is 0.0559. The number of rotatable bonds is 2. The van der Waals surface area contributed by atoms with Crippen LogP contribution in [0.15, 0.2) is 53.0 Å². The Morgan fingerprint density at radius 3 is 2.68 bits per heavy atom. The van der Waals surface area contributed by atoms with Crippen LogP contribution in [-0.2, 0) is 0 Å². The molecule has 114 valence electrons. The third kappa shape index (κ3) is 2.79. The van der Waals surface area contributed by atoms with E-state index in [2.05, 4.69) is 15.9 Å². The van der Waals surface area contributed by atoms with Crippen LogP contribution in [0.4, 0.5) is 0 Å². The van der Waals surface area contributed by atoms with Crippen molar-refractivity contribution >= 4 is 21.8 Å². The summed E-state index contributed by atoms with van der Waals surface area (Å²) in [6.45, 7) is 2.86. The van der Waals surface area contributed by atoms with E-state index in [0.29, 0.717) is 18.7 Å². The van der Waals surface area contributed by atoms with Crippen LogP contribution < -0.4 is 0 Å². The second-order valence-electron chi connectivity index (χ2n) is 5.41. The average molecular weight is 361 g/mol. The van der Waals surface area contributed by atoms with Gasteiger partial charge >= 0.3 is 0 Å². The molecule has 0 spiro atoms. The fourth-order valence-corrected chi connectivity index (χ4v) is 3.23. The van der Waals surface area contributed by atoms with Gasteiger partial charge in [-0.25, -0.2) is 0 Å². The van der Waals surface area contributed by atoms with E-state index in [1.54, 1.807) is 4.90 Å². The first-order valence-corrected chi connectivity index (χ1v) is 7.95. The Labute approximate surface area is 138 Å². The summed E-state index contributed by atoms with van der Waals surface area (Å²) in [4.78, 5) is 14.6. The molecule has 0 bridgehead atoms. The van der Waals surface area contributed by atoms with Gasteiger partial charge in [-0.15, -0.1) is 0 Å². The number of benzene rings is 2. The van der Waals surface area contributed by atoms with Crippen molar-refractivity contribution in [2.45, 2.75) is 13.1 Å². The van der Waals surface area contributed by atoms with Crippen LogP contribution >= 0.6 is 15.9 Å². The minimum Gasteiger partial charge on any atom is -0.315 e. The molecule has 4 nitrogen and oxygen atoms in total. The van der Waals surface area contributed by atoms with E-state index >= 15 is 0 Å². The molecule has 1 aliphatic heterocycles. The molecule has 1 N–H and O–H groups in total. The first-order chi connectivity index (χ1) is 10.6. The van der Waals surface area contributed by atoms with Crippen LogP contribution in [0.5, 0.6) is 0 Å². The predicted molar refractivity (Wildman–Crippen MR) is 87.6 cm³/mol. The standard InChI is InChI=1S/C17H17BrN2O2/c1-12-5-2-3-8-15(12)17(21)19-9-10-20(22)16(19)13-6-4-7-14(18)11-13/h2-8,11,16,22H,9-10H2,1H3. The molecule has 0 aliphatic carbocycles. The van der Waals surface area contributed by atoms with E-state index in [1.165, 1.54) is 5.06 Å². The van der Waals surface area contributed by atoms with E-state index in [0.717, 1.165) is 15.6 Å². The van der Waals surface area contributed by atoms with Crippen LogP contribution in [0.25, 0.3) is 0 Å². The maximum Gasteiger partial charge on any atom is 0.255 e. The molecule has 0 radical (unpaired) electrons. The van der Waals surface area contributed by atoms with Crippen LogP contribution in [0.1, 0.15) is 27.7 Å². The van der Waals surface area contributed by atoms with Gasteiger partial charge in [0, 0.05) is 23.1 Å². The van der Waals surface area contributed by atoms with Crippen molar-refractivity contribution in [3.63, 3.8) is 0 Å². The van der Waals surface area contributed by atoms with Crippen LogP contribution in [0, 0.1) is 6.92 Å². The molecule has 2 aromatic rings. The number of amides is 1. The molecule has 0 saturated carbocycles. The summed E-state index contributed by atoms with van der Waals surface area (Å²) >= 11 is 3.44. The lowest BCUT2D eigenvalue weighted by Gasteiger charge is -2.28. The summed E-state index contributed by atoms with van der Waals surface area (Å²) in [6, 6.07) is 15.2. The molecule has 22 heavy (non-hydrogen) atoms. The molecule has 1 fully saturated rings. The molecule has 1 amide bonds. The Bertz CT molecular complexity index is 705. The van der Waals surface area contributed by atoms with Gasteiger partial charge in [0.05, 0.1) is 0 Å². The van der Waals surface area contributed by atoms with E-state index in [4.69, 9.17) is 0 Å². The highest BCUT2D eigenvalue weighted by molar-refractivity contribution is 9.10. The van der Waals surface area contributed by atoms with Crippen molar-refractivity contribution in [3.05, 3.63) is 69.7 Å². The van der Waals surface area contributed by atoms with Crippen LogP contribution in [0.3, 0.4) is 0 Å². The van der Waals surface area contributed by atoms with Gasteiger partial charge in [0.15, 0.2) is 0 Å². The first kappa shape index (κ1) is 15.2. The molecule has 5 heteroatoms. The molecule has 1 atom stereocenters. The van der Waals surface area contributed by atoms with Crippen molar-refractivity contribution in [2.24, 2.45) is 0 Å². The summed E-state index contributed by atoms with van der Waals surface area (Å²) in [7, 11) is 0. The quantitative estimate of drug-likeness (QED) is 0.889. The van der Waals surface area contributed by atoms with Gasteiger partial charge in [-0.1, -0.05) is 46.3 Å². The Hall–Kier alpha value is -1.69. The first-order valence-electron chi connectivity index (χ1n) is 7.15. The van der Waals surface area contributed by atoms with Gasteiger partial charge < -0.3 is 10.1 Å². The summed E-state index contributed by atoms with van der Waals surface area (Å²) in [5, 5.41) is 11.4. The number of halogens is 1. The normalized spacial score (nSPS) is 18.7. The topological polar surface area (TPSA) is 43.8 Å². The highest BCUT2D eigenvalue weighted by Gasteiger charge is 2.36. The zero-order valence-electron chi connectivity index (χ0n) is 12.2. The summed E-state index contributed by atoms with van der Waals surface area (Å²) in [5.74, 6) is -0.0559. The third-order valence-electron chi connectivity index (χ3n) is 3.93. The van der Waals surface area contributed by atoms with E-state index < -0.39 is 6.17 Å². The highest BCUT2D eigenvalue weighted by atomic mass is 79.9. The second-order valence-corrected chi connectivity index (χ2v) is 6.32. The molecule has 0 aromatic heterocycles. The van der Waals surface area contributed by atoms with Crippen molar-refractivity contribution < 1.29 is 10.0 Å². The third-order valence-corrected chi connectivity index (χ3v) is 4.42. The van der Waals surface area contributed by atoms with Crippen LogP contribution in [0.2, 0.25) is 0 Å². The fraction of sp³-hybridized carbons (Fsp3) is 0.235. The number of carbonyl (C=O) groups excluding carboxylic acids is 1. The molecular weight excluding hydrogens is 344 g/mol. The molecular formula is C17H17BrN2O2. The van der Waals surface area contributed by atoms with Crippen molar-refractivity contribution in [3.8, 4) is 0 Å². The Kier molecular flexibility index (Phi) is 4.29. The number of hydroxylamine groups is 2. The molecule has 1 unspecified atom stereocenters. The predicted octanol–water partition coefficient (Wildman–Crippen LogP) is 3.60. The van der Waals surface area contributed by atoms with E-state index in [1.807, 2.05) is 55.5 Å². The fourth-order valence-electron chi connectivity index (χ4n) is 2.82. The molecule has 1 aliphatic rings. The van der Waals surface area contributed by atoms with Gasteiger partial charge in [0.1, 0.15) is 6.17 Å². The largest absolute Gasteiger partial charge is 0.315 e. The zero-order chi connectivity index (χ0) is 15.7. The maximum absolute atomic E-state index is 12.9. The molecule has 3 rings (SSSR count). The second kappa shape index (κ2) is 6.20. The number of hydrogen-bond donors (Lipinski definition) is 1. The van der Waals surface area contributed by atoms with E-state index in [-0.39, 0.29) is 5.91 Å². The van der Waals surface area contributed by atoms with E-state index in [9.17, 15) is 10.0 Å². The van der Waals surface area contributed by atoms with Gasteiger partial charge in [-0.2, -0.15) is 5.06 Å². The van der Waals surface area contributed by atoms with Crippen molar-refractivity contribution in [2.75, 3.05) is 13.1 Å². The minimum atomic E-state index is -0.454. The van der Waals surface area contributed by atoms with Gasteiger partial charge in [0.25, 0.3) is 5.91 Å². The SMILES string of the molecule is Cc1ccccc1C(=O)N1CCN(O)C1c1cccc(Br)c1. The lowest BCUT2D eigenvalue weighted by Crippen LogP contribution is -2.34. The smallest absolute Gasteiger partial charge is 0.255 e. The van der Waals surface area contributed by atoms with Gasteiger partial charge in [-0.05, 0) is 36.2 Å². The van der Waals surface area contributed by atoms with Crippen molar-refractivity contribution in [1.82, 2.24) is 9.96 Å². The number of aryl methyl sites for hydroxylation is 1. The molecule has 1 saturated heterocycles. The maximum atomic E-state index is 12.9.